The van der Waals surface area contributed by atoms with Gasteiger partial charge in [0.05, 0.1) is 6.42 Å². The normalized spacial score (nSPS) is 12.4. The van der Waals surface area contributed by atoms with Gasteiger partial charge in [0.15, 0.2) is 0 Å². The zero-order valence-corrected chi connectivity index (χ0v) is 8.94. The molecule has 3 nitrogen and oxygen atoms in total. The summed E-state index contributed by atoms with van der Waals surface area (Å²) in [6.45, 7) is 2.07. The minimum absolute atomic E-state index is 0.0492. The molecule has 0 radical (unpaired) electrons. The Morgan fingerprint density at radius 2 is 2.13 bits per heavy atom. The second-order valence-corrected chi connectivity index (χ2v) is 3.66. The molecule has 15 heavy (non-hydrogen) atoms. The minimum Gasteiger partial charge on any atom is -0.481 e. The molecule has 82 valence electrons. The lowest BCUT2D eigenvalue weighted by molar-refractivity contribution is -0.136. The van der Waals surface area contributed by atoms with E-state index in [0.717, 1.165) is 24.0 Å². The Balaban J connectivity index is 2.89. The van der Waals surface area contributed by atoms with E-state index in [1.807, 2.05) is 24.3 Å². The van der Waals surface area contributed by atoms with Gasteiger partial charge in [-0.25, -0.2) is 0 Å². The molecule has 0 fully saturated rings. The Hall–Kier alpha value is -1.35. The second kappa shape index (κ2) is 5.51. The average Bonchev–Trinajstić information content (AvgIpc) is 2.18. The second-order valence-electron chi connectivity index (χ2n) is 3.66. The summed E-state index contributed by atoms with van der Waals surface area (Å²) in [4.78, 5) is 10.7. The number of hydrogen-bond donors (Lipinski definition) is 2. The van der Waals surface area contributed by atoms with Gasteiger partial charge in [-0.05, 0) is 17.5 Å². The van der Waals surface area contributed by atoms with Crippen molar-refractivity contribution in [1.82, 2.24) is 0 Å². The van der Waals surface area contributed by atoms with Crippen LogP contribution in [0.25, 0.3) is 0 Å². The minimum atomic E-state index is -0.814. The molecule has 3 heteroatoms. The van der Waals surface area contributed by atoms with Crippen LogP contribution in [0.4, 0.5) is 0 Å². The van der Waals surface area contributed by atoms with E-state index in [4.69, 9.17) is 10.8 Å². The average molecular weight is 207 g/mol. The summed E-state index contributed by atoms with van der Waals surface area (Å²) in [5, 5.41) is 8.76. The van der Waals surface area contributed by atoms with E-state index in [0.29, 0.717) is 0 Å². The summed E-state index contributed by atoms with van der Waals surface area (Å²) < 4.78 is 0. The number of benzene rings is 1. The molecule has 0 saturated heterocycles. The van der Waals surface area contributed by atoms with Crippen molar-refractivity contribution in [3.05, 3.63) is 35.4 Å². The maximum Gasteiger partial charge on any atom is 0.307 e. The molecule has 0 aliphatic rings. The molecule has 0 saturated carbocycles. The molecule has 0 aliphatic heterocycles. The van der Waals surface area contributed by atoms with Gasteiger partial charge in [-0.2, -0.15) is 0 Å². The number of aliphatic carboxylic acids is 1. The third kappa shape index (κ3) is 3.36. The van der Waals surface area contributed by atoms with Gasteiger partial charge >= 0.3 is 5.97 Å². The van der Waals surface area contributed by atoms with Gasteiger partial charge in [-0.1, -0.05) is 37.6 Å². The molecular formula is C12H17NO2. The van der Waals surface area contributed by atoms with Crippen molar-refractivity contribution in [1.29, 1.82) is 0 Å². The van der Waals surface area contributed by atoms with Gasteiger partial charge in [0.2, 0.25) is 0 Å². The third-order valence-corrected chi connectivity index (χ3v) is 2.40. The smallest absolute Gasteiger partial charge is 0.307 e. The SMILES string of the molecule is CCCC(N)c1ccccc1CC(=O)O. The van der Waals surface area contributed by atoms with Crippen LogP contribution in [0, 0.1) is 0 Å². The Labute approximate surface area is 89.9 Å². The number of carboxylic acids is 1. The van der Waals surface area contributed by atoms with Crippen molar-refractivity contribution in [2.24, 2.45) is 5.73 Å². The highest BCUT2D eigenvalue weighted by atomic mass is 16.4. The van der Waals surface area contributed by atoms with Gasteiger partial charge < -0.3 is 10.8 Å². The van der Waals surface area contributed by atoms with Crippen molar-refractivity contribution in [2.75, 3.05) is 0 Å². The Morgan fingerprint density at radius 3 is 2.73 bits per heavy atom. The Morgan fingerprint density at radius 1 is 1.47 bits per heavy atom. The van der Waals surface area contributed by atoms with Crippen molar-refractivity contribution in [3.8, 4) is 0 Å². The number of nitrogens with two attached hydrogens (primary N) is 1. The highest BCUT2D eigenvalue weighted by molar-refractivity contribution is 5.70. The van der Waals surface area contributed by atoms with Crippen molar-refractivity contribution in [3.63, 3.8) is 0 Å². The van der Waals surface area contributed by atoms with Crippen LogP contribution >= 0.6 is 0 Å². The third-order valence-electron chi connectivity index (χ3n) is 2.40. The molecule has 0 heterocycles. The Bertz CT molecular complexity index is 336. The van der Waals surface area contributed by atoms with Gasteiger partial charge in [-0.3, -0.25) is 4.79 Å². The first-order valence-corrected chi connectivity index (χ1v) is 5.20. The molecule has 0 aliphatic carbocycles. The Kier molecular flexibility index (Phi) is 4.31. The summed E-state index contributed by atoms with van der Waals surface area (Å²) in [7, 11) is 0. The molecule has 0 bridgehead atoms. The first-order chi connectivity index (χ1) is 7.15. The van der Waals surface area contributed by atoms with Crippen LogP contribution in [0.1, 0.15) is 36.9 Å². The van der Waals surface area contributed by atoms with Gasteiger partial charge in [-0.15, -0.1) is 0 Å². The van der Waals surface area contributed by atoms with E-state index in [2.05, 4.69) is 6.92 Å². The highest BCUT2D eigenvalue weighted by Gasteiger charge is 2.11. The predicted molar refractivity (Wildman–Crippen MR) is 59.6 cm³/mol. The fourth-order valence-corrected chi connectivity index (χ4v) is 1.69. The maximum atomic E-state index is 10.7. The summed E-state index contributed by atoms with van der Waals surface area (Å²) in [6, 6.07) is 7.44. The van der Waals surface area contributed by atoms with E-state index < -0.39 is 5.97 Å². The first kappa shape index (κ1) is 11.7. The van der Waals surface area contributed by atoms with Crippen LogP contribution in [0.15, 0.2) is 24.3 Å². The fraction of sp³-hybridized carbons (Fsp3) is 0.417. The molecule has 0 aromatic heterocycles. The number of carbonyl (C=O) groups is 1. The lowest BCUT2D eigenvalue weighted by Gasteiger charge is -2.14. The van der Waals surface area contributed by atoms with Gasteiger partial charge in [0, 0.05) is 6.04 Å². The van der Waals surface area contributed by atoms with E-state index in [-0.39, 0.29) is 12.5 Å². The molecule has 1 unspecified atom stereocenters. The van der Waals surface area contributed by atoms with Crippen LogP contribution in [-0.4, -0.2) is 11.1 Å². The quantitative estimate of drug-likeness (QED) is 0.777. The van der Waals surface area contributed by atoms with Crippen LogP contribution in [0.3, 0.4) is 0 Å². The lowest BCUT2D eigenvalue weighted by atomic mass is 9.96. The predicted octanol–water partition coefficient (Wildman–Crippen LogP) is 2.11. The number of hydrogen-bond acceptors (Lipinski definition) is 2. The molecule has 1 rings (SSSR count). The molecule has 1 aromatic carbocycles. The summed E-state index contributed by atoms with van der Waals surface area (Å²) in [5.74, 6) is -0.814. The lowest BCUT2D eigenvalue weighted by Crippen LogP contribution is -2.14. The first-order valence-electron chi connectivity index (χ1n) is 5.20. The molecule has 1 atom stereocenters. The monoisotopic (exact) mass is 207 g/mol. The van der Waals surface area contributed by atoms with Gasteiger partial charge in [0.25, 0.3) is 0 Å². The molecule has 0 spiro atoms. The van der Waals surface area contributed by atoms with Crippen molar-refractivity contribution >= 4 is 5.97 Å². The molecular weight excluding hydrogens is 190 g/mol. The largest absolute Gasteiger partial charge is 0.481 e. The summed E-state index contributed by atoms with van der Waals surface area (Å²) in [5.41, 5.74) is 7.77. The van der Waals surface area contributed by atoms with E-state index in [9.17, 15) is 4.79 Å². The van der Waals surface area contributed by atoms with Crippen LogP contribution in [0.5, 0.6) is 0 Å². The van der Waals surface area contributed by atoms with E-state index in [1.165, 1.54) is 0 Å². The molecule has 1 aromatic rings. The zero-order chi connectivity index (χ0) is 11.3. The topological polar surface area (TPSA) is 63.3 Å². The molecule has 3 N–H and O–H groups in total. The highest BCUT2D eigenvalue weighted by Crippen LogP contribution is 2.20. The number of rotatable bonds is 5. The van der Waals surface area contributed by atoms with E-state index >= 15 is 0 Å². The summed E-state index contributed by atoms with van der Waals surface area (Å²) in [6.07, 6.45) is 1.94. The molecule has 0 amide bonds. The van der Waals surface area contributed by atoms with E-state index in [1.54, 1.807) is 0 Å². The number of carboxylic acid groups (broad SMARTS) is 1. The van der Waals surface area contributed by atoms with Crippen molar-refractivity contribution in [2.45, 2.75) is 32.2 Å². The van der Waals surface area contributed by atoms with Gasteiger partial charge in [0.1, 0.15) is 0 Å². The standard InChI is InChI=1S/C12H17NO2/c1-2-5-11(13)10-7-4-3-6-9(10)8-12(14)15/h3-4,6-7,11H,2,5,8,13H2,1H3,(H,14,15). The van der Waals surface area contributed by atoms with Crippen molar-refractivity contribution < 1.29 is 9.90 Å². The summed E-state index contributed by atoms with van der Waals surface area (Å²) >= 11 is 0. The van der Waals surface area contributed by atoms with Crippen LogP contribution < -0.4 is 5.73 Å². The zero-order valence-electron chi connectivity index (χ0n) is 8.94. The maximum absolute atomic E-state index is 10.7. The van der Waals surface area contributed by atoms with Crippen LogP contribution in [-0.2, 0) is 11.2 Å². The van der Waals surface area contributed by atoms with Crippen LogP contribution in [0.2, 0.25) is 0 Å². The fourth-order valence-electron chi connectivity index (χ4n) is 1.69.